The van der Waals surface area contributed by atoms with Gasteiger partial charge < -0.3 is 10.6 Å². The first-order valence-electron chi connectivity index (χ1n) is 7.60. The van der Waals surface area contributed by atoms with Crippen molar-refractivity contribution in [3.05, 3.63) is 0 Å². The van der Waals surface area contributed by atoms with E-state index >= 15 is 0 Å². The third-order valence-corrected chi connectivity index (χ3v) is 4.97. The quantitative estimate of drug-likeness (QED) is 0.743. The van der Waals surface area contributed by atoms with E-state index in [0.717, 1.165) is 0 Å². The van der Waals surface area contributed by atoms with Gasteiger partial charge in [-0.3, -0.25) is 0 Å². The van der Waals surface area contributed by atoms with Crippen LogP contribution in [0.3, 0.4) is 0 Å². The predicted octanol–water partition coefficient (Wildman–Crippen LogP) is 2.94. The Morgan fingerprint density at radius 2 is 1.88 bits per heavy atom. The lowest BCUT2D eigenvalue weighted by molar-refractivity contribution is 0.243. The zero-order valence-electron chi connectivity index (χ0n) is 11.8. The zero-order chi connectivity index (χ0) is 12.2. The summed E-state index contributed by atoms with van der Waals surface area (Å²) in [5.41, 5.74) is 1.16. The molecule has 2 heteroatoms. The number of hydrogen-bond acceptors (Lipinski definition) is 2. The van der Waals surface area contributed by atoms with Gasteiger partial charge in [-0.2, -0.15) is 0 Å². The highest BCUT2D eigenvalue weighted by atomic mass is 15.0. The van der Waals surface area contributed by atoms with Crippen molar-refractivity contribution in [1.82, 2.24) is 10.6 Å². The normalized spacial score (nSPS) is 32.1. The summed E-state index contributed by atoms with van der Waals surface area (Å²) in [5, 5.41) is 7.34. The maximum Gasteiger partial charge on any atom is 0.00207 e. The molecule has 2 nitrogen and oxygen atoms in total. The van der Waals surface area contributed by atoms with Gasteiger partial charge in [-0.15, -0.1) is 0 Å². The van der Waals surface area contributed by atoms with Crippen LogP contribution >= 0.6 is 0 Å². The molecule has 100 valence electrons. The van der Waals surface area contributed by atoms with E-state index in [1.807, 2.05) is 0 Å². The lowest BCUT2D eigenvalue weighted by Gasteiger charge is -2.31. The van der Waals surface area contributed by atoms with Crippen molar-refractivity contribution in [2.24, 2.45) is 10.8 Å². The van der Waals surface area contributed by atoms with Gasteiger partial charge in [0.05, 0.1) is 0 Å². The van der Waals surface area contributed by atoms with Crippen LogP contribution in [0, 0.1) is 10.8 Å². The third kappa shape index (κ3) is 3.45. The SMILES string of the molecule is CCCC1(CNCC2(C)CCCC2)CCNC1. The average Bonchev–Trinajstić information content (AvgIpc) is 2.90. The highest BCUT2D eigenvalue weighted by molar-refractivity contribution is 4.91. The Labute approximate surface area is 107 Å². The van der Waals surface area contributed by atoms with Gasteiger partial charge in [-0.05, 0) is 43.1 Å². The largest absolute Gasteiger partial charge is 0.316 e. The van der Waals surface area contributed by atoms with E-state index in [9.17, 15) is 0 Å². The van der Waals surface area contributed by atoms with E-state index in [1.165, 1.54) is 71.1 Å². The minimum Gasteiger partial charge on any atom is -0.316 e. The van der Waals surface area contributed by atoms with Crippen molar-refractivity contribution in [1.29, 1.82) is 0 Å². The summed E-state index contributed by atoms with van der Waals surface area (Å²) < 4.78 is 0. The van der Waals surface area contributed by atoms with Gasteiger partial charge in [-0.25, -0.2) is 0 Å². The van der Waals surface area contributed by atoms with Crippen LogP contribution in [-0.2, 0) is 0 Å². The van der Waals surface area contributed by atoms with Gasteiger partial charge in [0.1, 0.15) is 0 Å². The highest BCUT2D eigenvalue weighted by Gasteiger charge is 2.34. The Balaban J connectivity index is 1.75. The second kappa shape index (κ2) is 5.71. The summed E-state index contributed by atoms with van der Waals surface area (Å²) in [6.07, 6.45) is 9.81. The van der Waals surface area contributed by atoms with Crippen molar-refractivity contribution >= 4 is 0 Å². The average molecular weight is 238 g/mol. The summed E-state index contributed by atoms with van der Waals surface area (Å²) in [6, 6.07) is 0. The highest BCUT2D eigenvalue weighted by Crippen LogP contribution is 2.37. The Hall–Kier alpha value is -0.0800. The molecule has 1 heterocycles. The van der Waals surface area contributed by atoms with Gasteiger partial charge in [-0.1, -0.05) is 33.1 Å². The minimum absolute atomic E-state index is 0.559. The van der Waals surface area contributed by atoms with Crippen molar-refractivity contribution in [2.75, 3.05) is 26.2 Å². The Kier molecular flexibility index (Phi) is 4.48. The fourth-order valence-corrected chi connectivity index (χ4v) is 3.81. The van der Waals surface area contributed by atoms with E-state index < -0.39 is 0 Å². The number of nitrogens with one attached hydrogen (secondary N) is 2. The lowest BCUT2D eigenvalue weighted by atomic mass is 9.81. The smallest absolute Gasteiger partial charge is 0.00207 e. The summed E-state index contributed by atoms with van der Waals surface area (Å²) in [5.74, 6) is 0. The number of hydrogen-bond donors (Lipinski definition) is 2. The monoisotopic (exact) mass is 238 g/mol. The van der Waals surface area contributed by atoms with E-state index in [-0.39, 0.29) is 0 Å². The molecule has 1 atom stereocenters. The maximum atomic E-state index is 3.80. The second-order valence-corrected chi connectivity index (χ2v) is 6.80. The molecule has 0 spiro atoms. The molecule has 0 bridgehead atoms. The van der Waals surface area contributed by atoms with Gasteiger partial charge in [0.15, 0.2) is 0 Å². The molecule has 2 aliphatic rings. The zero-order valence-corrected chi connectivity index (χ0v) is 11.8. The first-order valence-corrected chi connectivity index (χ1v) is 7.60. The molecule has 1 saturated carbocycles. The fourth-order valence-electron chi connectivity index (χ4n) is 3.81. The first kappa shape index (κ1) is 13.4. The van der Waals surface area contributed by atoms with Crippen molar-refractivity contribution < 1.29 is 0 Å². The van der Waals surface area contributed by atoms with Gasteiger partial charge in [0, 0.05) is 19.6 Å². The van der Waals surface area contributed by atoms with Crippen molar-refractivity contribution in [3.63, 3.8) is 0 Å². The molecular weight excluding hydrogens is 208 g/mol. The molecule has 1 unspecified atom stereocenters. The fraction of sp³-hybridized carbons (Fsp3) is 1.00. The molecule has 0 aromatic heterocycles. The molecule has 1 saturated heterocycles. The molecule has 1 aliphatic carbocycles. The summed E-state index contributed by atoms with van der Waals surface area (Å²) in [7, 11) is 0. The van der Waals surface area contributed by atoms with Crippen LogP contribution < -0.4 is 10.6 Å². The van der Waals surface area contributed by atoms with Crippen molar-refractivity contribution in [2.45, 2.75) is 58.8 Å². The molecule has 0 aromatic carbocycles. The molecule has 2 fully saturated rings. The van der Waals surface area contributed by atoms with Crippen LogP contribution in [0.1, 0.15) is 58.8 Å². The second-order valence-electron chi connectivity index (χ2n) is 6.80. The molecule has 0 aromatic rings. The van der Waals surface area contributed by atoms with Crippen LogP contribution in [0.5, 0.6) is 0 Å². The lowest BCUT2D eigenvalue weighted by Crippen LogP contribution is -2.40. The van der Waals surface area contributed by atoms with Crippen molar-refractivity contribution in [3.8, 4) is 0 Å². The van der Waals surface area contributed by atoms with Gasteiger partial charge in [0.25, 0.3) is 0 Å². The molecule has 0 amide bonds. The molecule has 1 aliphatic heterocycles. The van der Waals surface area contributed by atoms with Crippen LogP contribution in [-0.4, -0.2) is 26.2 Å². The van der Waals surface area contributed by atoms with Gasteiger partial charge in [0.2, 0.25) is 0 Å². The summed E-state index contributed by atoms with van der Waals surface area (Å²) in [4.78, 5) is 0. The van der Waals surface area contributed by atoms with E-state index in [4.69, 9.17) is 0 Å². The Morgan fingerprint density at radius 3 is 2.47 bits per heavy atom. The van der Waals surface area contributed by atoms with E-state index in [2.05, 4.69) is 24.5 Å². The standard InChI is InChI=1S/C15H30N2/c1-3-6-15(9-10-16-12-15)13-17-11-14(2)7-4-5-8-14/h16-17H,3-13H2,1-2H3. The minimum atomic E-state index is 0.559. The molecule has 0 radical (unpaired) electrons. The molecule has 2 rings (SSSR count). The van der Waals surface area contributed by atoms with Crippen LogP contribution in [0.25, 0.3) is 0 Å². The topological polar surface area (TPSA) is 24.1 Å². The molecular formula is C15H30N2. The third-order valence-electron chi connectivity index (χ3n) is 4.97. The molecule has 17 heavy (non-hydrogen) atoms. The summed E-state index contributed by atoms with van der Waals surface area (Å²) in [6.45, 7) is 9.69. The van der Waals surface area contributed by atoms with Crippen LogP contribution in [0.2, 0.25) is 0 Å². The van der Waals surface area contributed by atoms with Crippen LogP contribution in [0.4, 0.5) is 0 Å². The maximum absolute atomic E-state index is 3.80. The Morgan fingerprint density at radius 1 is 1.12 bits per heavy atom. The molecule has 2 N–H and O–H groups in total. The predicted molar refractivity (Wildman–Crippen MR) is 74.3 cm³/mol. The van der Waals surface area contributed by atoms with E-state index in [1.54, 1.807) is 0 Å². The Bertz CT molecular complexity index is 225. The first-order chi connectivity index (χ1) is 8.18. The summed E-state index contributed by atoms with van der Waals surface area (Å²) >= 11 is 0. The van der Waals surface area contributed by atoms with Crippen LogP contribution in [0.15, 0.2) is 0 Å². The van der Waals surface area contributed by atoms with E-state index in [0.29, 0.717) is 10.8 Å². The van der Waals surface area contributed by atoms with Gasteiger partial charge >= 0.3 is 0 Å². The number of rotatable bonds is 6.